The Morgan fingerprint density at radius 1 is 1.20 bits per heavy atom. The van der Waals surface area contributed by atoms with Crippen LogP contribution in [0.25, 0.3) is 10.4 Å². The van der Waals surface area contributed by atoms with Crippen molar-refractivity contribution in [3.8, 4) is 10.4 Å². The van der Waals surface area contributed by atoms with Crippen molar-refractivity contribution in [3.05, 3.63) is 45.8 Å². The van der Waals surface area contributed by atoms with Crippen LogP contribution < -0.4 is 5.32 Å². The van der Waals surface area contributed by atoms with Crippen LogP contribution >= 0.6 is 22.9 Å². The average Bonchev–Trinajstić information content (AvgIpc) is 2.89. The highest BCUT2D eigenvalue weighted by Crippen LogP contribution is 2.35. The molecule has 0 spiro atoms. The summed E-state index contributed by atoms with van der Waals surface area (Å²) in [6, 6.07) is 11.1. The van der Waals surface area contributed by atoms with Crippen molar-refractivity contribution in [2.45, 2.75) is 39.7 Å². The van der Waals surface area contributed by atoms with Gasteiger partial charge in [-0.25, -0.2) is 0 Å². The number of rotatable bonds is 6. The van der Waals surface area contributed by atoms with E-state index in [4.69, 9.17) is 11.6 Å². The zero-order chi connectivity index (χ0) is 14.5. The van der Waals surface area contributed by atoms with Crippen LogP contribution in [0.2, 0.25) is 5.02 Å². The van der Waals surface area contributed by atoms with E-state index < -0.39 is 0 Å². The maximum absolute atomic E-state index is 6.03. The average molecular weight is 308 g/mol. The van der Waals surface area contributed by atoms with E-state index in [1.54, 1.807) is 0 Å². The first kappa shape index (κ1) is 15.6. The molecule has 0 aliphatic carbocycles. The van der Waals surface area contributed by atoms with Gasteiger partial charge in [-0.1, -0.05) is 31.5 Å². The van der Waals surface area contributed by atoms with Gasteiger partial charge in [0.15, 0.2) is 0 Å². The summed E-state index contributed by atoms with van der Waals surface area (Å²) in [5.74, 6) is 0. The molecule has 1 aromatic heterocycles. The molecule has 1 N–H and O–H groups in total. The minimum atomic E-state index is 0.473. The molecule has 2 rings (SSSR count). The summed E-state index contributed by atoms with van der Waals surface area (Å²) in [5.41, 5.74) is 2.52. The lowest BCUT2D eigenvalue weighted by molar-refractivity contribution is 0.525. The van der Waals surface area contributed by atoms with Crippen LogP contribution in [-0.4, -0.2) is 6.54 Å². The number of hydrogen-bond acceptors (Lipinski definition) is 2. The molecule has 1 atom stereocenters. The second kappa shape index (κ2) is 7.26. The van der Waals surface area contributed by atoms with Crippen LogP contribution in [0.1, 0.15) is 43.2 Å². The van der Waals surface area contributed by atoms with Gasteiger partial charge in [0, 0.05) is 20.8 Å². The van der Waals surface area contributed by atoms with Crippen molar-refractivity contribution < 1.29 is 0 Å². The number of thiophene rings is 1. The summed E-state index contributed by atoms with van der Waals surface area (Å²) in [4.78, 5) is 2.75. The van der Waals surface area contributed by atoms with Crippen molar-refractivity contribution in [3.63, 3.8) is 0 Å². The van der Waals surface area contributed by atoms with E-state index in [0.717, 1.165) is 18.0 Å². The number of benzene rings is 1. The fourth-order valence-electron chi connectivity index (χ4n) is 2.35. The maximum atomic E-state index is 6.03. The van der Waals surface area contributed by atoms with Gasteiger partial charge in [0.1, 0.15) is 0 Å². The van der Waals surface area contributed by atoms with E-state index in [-0.39, 0.29) is 0 Å². The fourth-order valence-corrected chi connectivity index (χ4v) is 3.84. The van der Waals surface area contributed by atoms with Crippen LogP contribution in [0.4, 0.5) is 0 Å². The van der Waals surface area contributed by atoms with Gasteiger partial charge < -0.3 is 5.32 Å². The van der Waals surface area contributed by atoms with Gasteiger partial charge in [-0.15, -0.1) is 11.3 Å². The highest BCUT2D eigenvalue weighted by atomic mass is 35.5. The zero-order valence-corrected chi connectivity index (χ0v) is 13.9. The van der Waals surface area contributed by atoms with E-state index in [1.165, 1.54) is 27.3 Å². The molecule has 1 unspecified atom stereocenters. The normalized spacial score (nSPS) is 12.6. The first-order valence-electron chi connectivity index (χ1n) is 7.25. The van der Waals surface area contributed by atoms with E-state index in [9.17, 15) is 0 Å². The largest absolute Gasteiger partial charge is 0.309 e. The third kappa shape index (κ3) is 3.63. The highest BCUT2D eigenvalue weighted by Gasteiger charge is 2.12. The summed E-state index contributed by atoms with van der Waals surface area (Å²) < 4.78 is 0. The van der Waals surface area contributed by atoms with Crippen molar-refractivity contribution in [1.29, 1.82) is 0 Å². The predicted molar refractivity (Wildman–Crippen MR) is 90.8 cm³/mol. The number of nitrogens with one attached hydrogen (secondary N) is 1. The molecule has 2 aromatic rings. The first-order chi connectivity index (χ1) is 9.65. The molecule has 0 radical (unpaired) electrons. The third-order valence-electron chi connectivity index (χ3n) is 3.47. The Hall–Kier alpha value is -0.830. The van der Waals surface area contributed by atoms with Gasteiger partial charge in [0.25, 0.3) is 0 Å². The standard InChI is InChI=1S/C17H22ClNS/c1-4-10-19-15(5-2)17-9-8-16(20-17)14-7-6-13(18)11-12(14)3/h6-9,11,15,19H,4-5,10H2,1-3H3. The predicted octanol–water partition coefficient (Wildman–Crippen LogP) is 5.83. The Kier molecular flexibility index (Phi) is 5.64. The molecule has 20 heavy (non-hydrogen) atoms. The van der Waals surface area contributed by atoms with Crippen LogP contribution in [0.5, 0.6) is 0 Å². The molecule has 0 saturated heterocycles. The van der Waals surface area contributed by atoms with Gasteiger partial charge in [-0.05, 0) is 61.7 Å². The second-order valence-corrected chi connectivity index (χ2v) is 6.63. The van der Waals surface area contributed by atoms with E-state index in [0.29, 0.717) is 6.04 Å². The van der Waals surface area contributed by atoms with E-state index >= 15 is 0 Å². The van der Waals surface area contributed by atoms with Crippen molar-refractivity contribution in [1.82, 2.24) is 5.32 Å². The first-order valence-corrected chi connectivity index (χ1v) is 8.44. The summed E-state index contributed by atoms with van der Waals surface area (Å²) in [7, 11) is 0. The van der Waals surface area contributed by atoms with Crippen LogP contribution in [0, 0.1) is 6.92 Å². The van der Waals surface area contributed by atoms with E-state index in [1.807, 2.05) is 23.5 Å². The third-order valence-corrected chi connectivity index (χ3v) is 4.94. The molecule has 1 nitrogen and oxygen atoms in total. The van der Waals surface area contributed by atoms with Gasteiger partial charge in [0.05, 0.1) is 0 Å². The minimum Gasteiger partial charge on any atom is -0.309 e. The summed E-state index contributed by atoms with van der Waals surface area (Å²) >= 11 is 7.92. The maximum Gasteiger partial charge on any atom is 0.0412 e. The van der Waals surface area contributed by atoms with Gasteiger partial charge in [0.2, 0.25) is 0 Å². The topological polar surface area (TPSA) is 12.0 Å². The monoisotopic (exact) mass is 307 g/mol. The number of hydrogen-bond donors (Lipinski definition) is 1. The van der Waals surface area contributed by atoms with Crippen molar-refractivity contribution >= 4 is 22.9 Å². The lowest BCUT2D eigenvalue weighted by Gasteiger charge is -2.14. The minimum absolute atomic E-state index is 0.473. The van der Waals surface area contributed by atoms with Gasteiger partial charge in [-0.3, -0.25) is 0 Å². The molecule has 0 aliphatic rings. The number of aryl methyl sites for hydroxylation is 1. The molecule has 1 aromatic carbocycles. The lowest BCUT2D eigenvalue weighted by Crippen LogP contribution is -2.20. The molecule has 3 heteroatoms. The summed E-state index contributed by atoms with van der Waals surface area (Å²) in [6.45, 7) is 7.63. The lowest BCUT2D eigenvalue weighted by atomic mass is 10.1. The summed E-state index contributed by atoms with van der Waals surface area (Å²) in [6.07, 6.45) is 2.30. The van der Waals surface area contributed by atoms with E-state index in [2.05, 4.69) is 44.3 Å². The molecule has 0 fully saturated rings. The highest BCUT2D eigenvalue weighted by molar-refractivity contribution is 7.15. The van der Waals surface area contributed by atoms with Crippen molar-refractivity contribution in [2.24, 2.45) is 0 Å². The fraction of sp³-hybridized carbons (Fsp3) is 0.412. The summed E-state index contributed by atoms with van der Waals surface area (Å²) in [5, 5.41) is 4.42. The Morgan fingerprint density at radius 2 is 2.00 bits per heavy atom. The van der Waals surface area contributed by atoms with Crippen LogP contribution in [0.3, 0.4) is 0 Å². The Morgan fingerprint density at radius 3 is 2.65 bits per heavy atom. The quantitative estimate of drug-likeness (QED) is 0.708. The second-order valence-electron chi connectivity index (χ2n) is 5.08. The Balaban J connectivity index is 2.23. The molecule has 108 valence electrons. The smallest absolute Gasteiger partial charge is 0.0412 e. The SMILES string of the molecule is CCCNC(CC)c1ccc(-c2ccc(Cl)cc2C)s1. The Bertz CT molecular complexity index is 562. The molecule has 0 amide bonds. The molecule has 0 aliphatic heterocycles. The molecular weight excluding hydrogens is 286 g/mol. The van der Waals surface area contributed by atoms with Gasteiger partial charge >= 0.3 is 0 Å². The molecule has 0 saturated carbocycles. The van der Waals surface area contributed by atoms with Gasteiger partial charge in [-0.2, -0.15) is 0 Å². The van der Waals surface area contributed by atoms with Crippen molar-refractivity contribution in [2.75, 3.05) is 6.54 Å². The Labute approximate surface area is 131 Å². The molecular formula is C17H22ClNS. The molecule has 0 bridgehead atoms. The van der Waals surface area contributed by atoms with Crippen LogP contribution in [0.15, 0.2) is 30.3 Å². The number of halogens is 1. The van der Waals surface area contributed by atoms with Crippen LogP contribution in [-0.2, 0) is 0 Å². The zero-order valence-electron chi connectivity index (χ0n) is 12.4. The molecule has 1 heterocycles.